The van der Waals surface area contributed by atoms with Crippen molar-refractivity contribution in [3.8, 4) is 17.3 Å². The zero-order chi connectivity index (χ0) is 23.8. The molecule has 6 rings (SSSR count). The second kappa shape index (κ2) is 9.13. The number of aryl methyl sites for hydroxylation is 1. The minimum Gasteiger partial charge on any atom is -0.420 e. The van der Waals surface area contributed by atoms with Gasteiger partial charge in [0.05, 0.1) is 5.69 Å². The second-order valence-electron chi connectivity index (χ2n) is 9.74. The normalized spacial score (nSPS) is 16.5. The number of hydrogen-bond donors (Lipinski definition) is 0. The summed E-state index contributed by atoms with van der Waals surface area (Å²) in [5, 5.41) is 12.9. The molecular weight excluding hydrogens is 438 g/mol. The minimum absolute atomic E-state index is 0.0953. The van der Waals surface area contributed by atoms with Gasteiger partial charge in [-0.2, -0.15) is 5.10 Å². The molecule has 0 radical (unpaired) electrons. The maximum absolute atomic E-state index is 13.4. The van der Waals surface area contributed by atoms with Gasteiger partial charge in [-0.15, -0.1) is 10.2 Å². The molecule has 2 aliphatic rings. The van der Waals surface area contributed by atoms with E-state index in [4.69, 9.17) is 9.52 Å². The first-order valence-electron chi connectivity index (χ1n) is 12.5. The van der Waals surface area contributed by atoms with E-state index in [2.05, 4.69) is 40.5 Å². The van der Waals surface area contributed by atoms with E-state index in [9.17, 15) is 4.79 Å². The van der Waals surface area contributed by atoms with E-state index < -0.39 is 0 Å². The summed E-state index contributed by atoms with van der Waals surface area (Å²) >= 11 is 0. The Hall–Kier alpha value is -3.74. The fourth-order valence-corrected chi connectivity index (χ4v) is 5.02. The largest absolute Gasteiger partial charge is 0.420 e. The van der Waals surface area contributed by atoms with Crippen LogP contribution in [0.3, 0.4) is 0 Å². The Labute approximate surface area is 204 Å². The highest BCUT2D eigenvalue weighted by atomic mass is 16.4. The lowest BCUT2D eigenvalue weighted by Crippen LogP contribution is -2.38. The molecule has 0 N–H and O–H groups in total. The van der Waals surface area contributed by atoms with Crippen LogP contribution in [-0.2, 0) is 6.42 Å². The van der Waals surface area contributed by atoms with Gasteiger partial charge in [0, 0.05) is 37.2 Å². The Balaban J connectivity index is 1.19. The molecule has 0 spiro atoms. The van der Waals surface area contributed by atoms with Crippen molar-refractivity contribution in [2.24, 2.45) is 5.92 Å². The summed E-state index contributed by atoms with van der Waals surface area (Å²) in [5.41, 5.74) is 4.77. The quantitative estimate of drug-likeness (QED) is 0.389. The van der Waals surface area contributed by atoms with Gasteiger partial charge < -0.3 is 9.32 Å². The van der Waals surface area contributed by atoms with Gasteiger partial charge in [-0.1, -0.05) is 36.4 Å². The molecule has 1 aliphatic heterocycles. The lowest BCUT2D eigenvalue weighted by atomic mass is 9.90. The van der Waals surface area contributed by atoms with E-state index in [0.717, 1.165) is 56.6 Å². The van der Waals surface area contributed by atoms with Crippen LogP contribution in [0, 0.1) is 12.8 Å². The van der Waals surface area contributed by atoms with Crippen LogP contribution in [0.5, 0.6) is 0 Å². The molecule has 0 bridgehead atoms. The van der Waals surface area contributed by atoms with E-state index in [1.165, 1.54) is 5.56 Å². The first-order valence-corrected chi connectivity index (χ1v) is 12.5. The van der Waals surface area contributed by atoms with Crippen LogP contribution in [0.4, 0.5) is 0 Å². The van der Waals surface area contributed by atoms with Crippen LogP contribution < -0.4 is 0 Å². The van der Waals surface area contributed by atoms with Crippen molar-refractivity contribution in [3.05, 3.63) is 83.4 Å². The molecule has 1 amide bonds. The van der Waals surface area contributed by atoms with Gasteiger partial charge in [-0.05, 0) is 67.9 Å². The molecule has 0 atom stereocenters. The third-order valence-electron chi connectivity index (χ3n) is 7.08. The first kappa shape index (κ1) is 21.8. The van der Waals surface area contributed by atoms with Crippen molar-refractivity contribution in [3.63, 3.8) is 0 Å². The van der Waals surface area contributed by atoms with Gasteiger partial charge in [-0.25, -0.2) is 4.68 Å². The van der Waals surface area contributed by atoms with E-state index in [1.54, 1.807) is 6.92 Å². The SMILES string of the molecule is Cc1nnc(-c2cc(C3CC3)n(-c3cccc(C(=O)N4CCC(Cc5ccccc5)CC4)c3)n2)o1. The van der Waals surface area contributed by atoms with Gasteiger partial charge >= 0.3 is 0 Å². The highest BCUT2D eigenvalue weighted by Gasteiger charge is 2.30. The number of nitrogens with zero attached hydrogens (tertiary/aromatic N) is 5. The average molecular weight is 468 g/mol. The van der Waals surface area contributed by atoms with Gasteiger partial charge in [-0.3, -0.25) is 4.79 Å². The van der Waals surface area contributed by atoms with Crippen molar-refractivity contribution >= 4 is 5.91 Å². The summed E-state index contributed by atoms with van der Waals surface area (Å²) in [6.45, 7) is 3.38. The summed E-state index contributed by atoms with van der Waals surface area (Å²) in [6, 6.07) is 20.5. The minimum atomic E-state index is 0.0953. The topological polar surface area (TPSA) is 77.1 Å². The zero-order valence-corrected chi connectivity index (χ0v) is 19.9. The van der Waals surface area contributed by atoms with Crippen LogP contribution in [0.1, 0.15) is 59.1 Å². The zero-order valence-electron chi connectivity index (χ0n) is 19.9. The highest BCUT2D eigenvalue weighted by molar-refractivity contribution is 5.94. The maximum Gasteiger partial charge on any atom is 0.268 e. The summed E-state index contributed by atoms with van der Waals surface area (Å²) in [6.07, 6.45) is 5.45. The third kappa shape index (κ3) is 4.63. The van der Waals surface area contributed by atoms with Crippen molar-refractivity contribution in [2.75, 3.05) is 13.1 Å². The number of amides is 1. The van der Waals surface area contributed by atoms with Crippen LogP contribution in [0.2, 0.25) is 0 Å². The monoisotopic (exact) mass is 467 g/mol. The number of carbonyl (C=O) groups excluding carboxylic acids is 1. The summed E-state index contributed by atoms with van der Waals surface area (Å²) in [4.78, 5) is 15.4. The Morgan fingerprint density at radius 3 is 2.49 bits per heavy atom. The highest BCUT2D eigenvalue weighted by Crippen LogP contribution is 2.42. The summed E-state index contributed by atoms with van der Waals surface area (Å²) in [7, 11) is 0. The average Bonchev–Trinajstić information content (AvgIpc) is 3.49. The number of likely N-dealkylation sites (tertiary alicyclic amines) is 1. The lowest BCUT2D eigenvalue weighted by Gasteiger charge is -2.32. The van der Waals surface area contributed by atoms with Crippen LogP contribution in [-0.4, -0.2) is 43.9 Å². The molecule has 1 aliphatic carbocycles. The number of hydrogen-bond acceptors (Lipinski definition) is 5. The summed E-state index contributed by atoms with van der Waals surface area (Å²) in [5.74, 6) is 2.14. The van der Waals surface area contributed by atoms with Crippen molar-refractivity contribution in [2.45, 2.75) is 44.9 Å². The van der Waals surface area contributed by atoms with Crippen LogP contribution in [0.15, 0.2) is 65.1 Å². The molecule has 4 aromatic rings. The van der Waals surface area contributed by atoms with Crippen molar-refractivity contribution in [1.29, 1.82) is 0 Å². The smallest absolute Gasteiger partial charge is 0.268 e. The van der Waals surface area contributed by atoms with Crippen molar-refractivity contribution < 1.29 is 9.21 Å². The lowest BCUT2D eigenvalue weighted by molar-refractivity contribution is 0.0690. The molecule has 1 saturated carbocycles. The van der Waals surface area contributed by atoms with Gasteiger partial charge in [0.1, 0.15) is 5.69 Å². The predicted molar refractivity (Wildman–Crippen MR) is 132 cm³/mol. The number of carbonyl (C=O) groups is 1. The standard InChI is InChI=1S/C28H29N5O2/c1-19-29-30-27(35-19)25-18-26(22-10-11-22)33(31-25)24-9-5-8-23(17-24)28(34)32-14-12-21(13-15-32)16-20-6-3-2-4-7-20/h2-9,17-18,21-22H,10-16H2,1H3. The molecule has 178 valence electrons. The molecular formula is C28H29N5O2. The fraction of sp³-hybridized carbons (Fsp3) is 0.357. The number of piperidine rings is 1. The van der Waals surface area contributed by atoms with Gasteiger partial charge in [0.2, 0.25) is 5.89 Å². The predicted octanol–water partition coefficient (Wildman–Crippen LogP) is 5.20. The molecule has 2 fully saturated rings. The maximum atomic E-state index is 13.4. The number of benzene rings is 2. The molecule has 0 unspecified atom stereocenters. The fourth-order valence-electron chi connectivity index (χ4n) is 5.02. The van der Waals surface area contributed by atoms with E-state index >= 15 is 0 Å². The van der Waals surface area contributed by atoms with Gasteiger partial charge in [0.15, 0.2) is 0 Å². The molecule has 35 heavy (non-hydrogen) atoms. The Bertz CT molecular complexity index is 1330. The van der Waals surface area contributed by atoms with Crippen molar-refractivity contribution in [1.82, 2.24) is 24.9 Å². The Morgan fingerprint density at radius 2 is 1.77 bits per heavy atom. The molecule has 2 aromatic carbocycles. The molecule has 2 aromatic heterocycles. The molecule has 3 heterocycles. The first-order chi connectivity index (χ1) is 17.1. The Kier molecular flexibility index (Phi) is 5.68. The number of rotatable bonds is 6. The molecule has 1 saturated heterocycles. The second-order valence-corrected chi connectivity index (χ2v) is 9.74. The summed E-state index contributed by atoms with van der Waals surface area (Å²) < 4.78 is 7.54. The number of aromatic nitrogens is 4. The molecule has 7 nitrogen and oxygen atoms in total. The van der Waals surface area contributed by atoms with Gasteiger partial charge in [0.25, 0.3) is 11.8 Å². The van der Waals surface area contributed by atoms with E-state index in [-0.39, 0.29) is 5.91 Å². The van der Waals surface area contributed by atoms with E-state index in [0.29, 0.717) is 34.9 Å². The van der Waals surface area contributed by atoms with E-state index in [1.807, 2.05) is 39.9 Å². The Morgan fingerprint density at radius 1 is 0.971 bits per heavy atom. The van der Waals surface area contributed by atoms with Crippen LogP contribution >= 0.6 is 0 Å². The third-order valence-corrected chi connectivity index (χ3v) is 7.08. The molecule has 7 heteroatoms. The van der Waals surface area contributed by atoms with Crippen LogP contribution in [0.25, 0.3) is 17.3 Å².